The quantitative estimate of drug-likeness (QED) is 0.635. The number of aromatic amines is 1. The maximum atomic E-state index is 12.8. The van der Waals surface area contributed by atoms with Crippen molar-refractivity contribution in [1.82, 2.24) is 20.3 Å². The number of anilines is 1. The fourth-order valence-electron chi connectivity index (χ4n) is 3.57. The number of β-amino-alcohol motifs (C(OH)–C–C–N with tert-alkyl or cyclic N) is 1. The van der Waals surface area contributed by atoms with Gasteiger partial charge in [0, 0.05) is 49.4 Å². The van der Waals surface area contributed by atoms with Crippen LogP contribution in [0.25, 0.3) is 11.4 Å². The van der Waals surface area contributed by atoms with Gasteiger partial charge in [0.2, 0.25) is 0 Å². The van der Waals surface area contributed by atoms with Gasteiger partial charge >= 0.3 is 0 Å². The Balaban J connectivity index is 1.51. The molecule has 1 aromatic carbocycles. The normalized spacial score (nSPS) is 16.8. The van der Waals surface area contributed by atoms with Crippen LogP contribution in [0.15, 0.2) is 55.0 Å². The summed E-state index contributed by atoms with van der Waals surface area (Å²) in [5.74, 6) is 1.32. The smallest absolute Gasteiger partial charge is 0.252 e. The van der Waals surface area contributed by atoms with Gasteiger partial charge in [-0.2, -0.15) is 0 Å². The molecular formula is C21H23N5O2. The van der Waals surface area contributed by atoms with E-state index in [-0.39, 0.29) is 12.0 Å². The molecule has 1 aliphatic rings. The number of hydrogen-bond donors (Lipinski definition) is 3. The zero-order chi connectivity index (χ0) is 19.3. The molecule has 3 N–H and O–H groups in total. The van der Waals surface area contributed by atoms with Crippen LogP contribution in [-0.2, 0) is 6.54 Å². The van der Waals surface area contributed by atoms with E-state index in [2.05, 4.69) is 25.2 Å². The van der Waals surface area contributed by atoms with Gasteiger partial charge in [0.1, 0.15) is 11.6 Å². The van der Waals surface area contributed by atoms with E-state index in [4.69, 9.17) is 0 Å². The van der Waals surface area contributed by atoms with Crippen molar-refractivity contribution in [3.05, 3.63) is 66.1 Å². The Bertz CT molecular complexity index is 941. The molecule has 4 rings (SSSR count). The van der Waals surface area contributed by atoms with Crippen molar-refractivity contribution in [2.75, 3.05) is 18.0 Å². The van der Waals surface area contributed by atoms with Crippen LogP contribution in [0.4, 0.5) is 5.82 Å². The van der Waals surface area contributed by atoms with Crippen molar-refractivity contribution < 1.29 is 9.90 Å². The Morgan fingerprint density at radius 3 is 2.93 bits per heavy atom. The summed E-state index contributed by atoms with van der Waals surface area (Å²) in [5.41, 5.74) is 2.26. The number of aromatic nitrogens is 3. The Morgan fingerprint density at radius 2 is 2.11 bits per heavy atom. The van der Waals surface area contributed by atoms with Gasteiger partial charge in [0.25, 0.3) is 5.91 Å². The number of amides is 1. The number of nitrogens with zero attached hydrogens (tertiary/aromatic N) is 3. The number of carbonyl (C=O) groups excluding carboxylic acids is 1. The monoisotopic (exact) mass is 377 g/mol. The fourth-order valence-corrected chi connectivity index (χ4v) is 3.57. The Morgan fingerprint density at radius 1 is 1.21 bits per heavy atom. The molecule has 0 radical (unpaired) electrons. The number of nitrogens with one attached hydrogen (secondary N) is 2. The number of aliphatic hydroxyl groups excluding tert-OH is 1. The Hall–Kier alpha value is -3.19. The fraction of sp³-hybridized carbons (Fsp3) is 0.286. The molecule has 0 aliphatic carbocycles. The van der Waals surface area contributed by atoms with Crippen LogP contribution in [0, 0.1) is 0 Å². The highest BCUT2D eigenvalue weighted by Crippen LogP contribution is 2.23. The summed E-state index contributed by atoms with van der Waals surface area (Å²) in [6.45, 7) is 1.79. The minimum atomic E-state index is -0.335. The summed E-state index contributed by atoms with van der Waals surface area (Å²) in [6, 6.07) is 11.2. The second kappa shape index (κ2) is 8.22. The van der Waals surface area contributed by atoms with Gasteiger partial charge < -0.3 is 20.3 Å². The summed E-state index contributed by atoms with van der Waals surface area (Å²) in [5, 5.41) is 13.0. The van der Waals surface area contributed by atoms with Crippen molar-refractivity contribution in [2.45, 2.75) is 25.5 Å². The first kappa shape index (κ1) is 18.2. The number of carbonyl (C=O) groups is 1. The summed E-state index contributed by atoms with van der Waals surface area (Å²) in [4.78, 5) is 26.7. The molecular weight excluding hydrogens is 354 g/mol. The van der Waals surface area contributed by atoms with Crippen molar-refractivity contribution in [3.63, 3.8) is 0 Å². The lowest BCUT2D eigenvalue weighted by molar-refractivity contribution is 0.0951. The Labute approximate surface area is 163 Å². The van der Waals surface area contributed by atoms with E-state index in [0.717, 1.165) is 36.3 Å². The number of hydrogen-bond acceptors (Lipinski definition) is 5. The summed E-state index contributed by atoms with van der Waals surface area (Å²) >= 11 is 0. The zero-order valence-electron chi connectivity index (χ0n) is 15.5. The maximum absolute atomic E-state index is 12.8. The molecule has 1 amide bonds. The third-order valence-electron chi connectivity index (χ3n) is 4.93. The van der Waals surface area contributed by atoms with Gasteiger partial charge in [-0.25, -0.2) is 9.97 Å². The van der Waals surface area contributed by atoms with Crippen molar-refractivity contribution in [2.24, 2.45) is 0 Å². The molecule has 1 fully saturated rings. The number of piperidine rings is 1. The lowest BCUT2D eigenvalue weighted by Gasteiger charge is -2.32. The molecule has 7 nitrogen and oxygen atoms in total. The van der Waals surface area contributed by atoms with E-state index >= 15 is 0 Å². The topological polar surface area (TPSA) is 94.1 Å². The van der Waals surface area contributed by atoms with E-state index in [1.165, 1.54) is 0 Å². The largest absolute Gasteiger partial charge is 0.391 e. The van der Waals surface area contributed by atoms with E-state index in [0.29, 0.717) is 24.5 Å². The van der Waals surface area contributed by atoms with Gasteiger partial charge in [-0.15, -0.1) is 0 Å². The van der Waals surface area contributed by atoms with Crippen LogP contribution in [0.3, 0.4) is 0 Å². The van der Waals surface area contributed by atoms with Gasteiger partial charge in [0.15, 0.2) is 0 Å². The van der Waals surface area contributed by atoms with Crippen molar-refractivity contribution in [3.8, 4) is 11.4 Å². The van der Waals surface area contributed by atoms with Crippen LogP contribution < -0.4 is 10.2 Å². The molecule has 144 valence electrons. The molecule has 0 spiro atoms. The third kappa shape index (κ3) is 3.89. The molecule has 2 aromatic heterocycles. The number of benzene rings is 1. The average Bonchev–Trinajstić information content (AvgIpc) is 3.27. The highest BCUT2D eigenvalue weighted by Gasteiger charge is 2.21. The summed E-state index contributed by atoms with van der Waals surface area (Å²) in [7, 11) is 0. The van der Waals surface area contributed by atoms with E-state index in [1.807, 2.05) is 30.3 Å². The van der Waals surface area contributed by atoms with Crippen LogP contribution in [0.2, 0.25) is 0 Å². The number of H-pyrrole nitrogens is 1. The second-order valence-electron chi connectivity index (χ2n) is 6.89. The molecule has 1 saturated heterocycles. The number of imidazole rings is 1. The first-order valence-electron chi connectivity index (χ1n) is 9.46. The molecule has 3 heterocycles. The van der Waals surface area contributed by atoms with E-state index < -0.39 is 0 Å². The summed E-state index contributed by atoms with van der Waals surface area (Å²) < 4.78 is 0. The van der Waals surface area contributed by atoms with Crippen LogP contribution in [-0.4, -0.2) is 45.2 Å². The number of aliphatic hydroxyl groups is 1. The van der Waals surface area contributed by atoms with Gasteiger partial charge in [-0.05, 0) is 25.0 Å². The van der Waals surface area contributed by atoms with Gasteiger partial charge in [-0.1, -0.05) is 24.3 Å². The first-order chi connectivity index (χ1) is 13.7. The molecule has 1 atom stereocenters. The van der Waals surface area contributed by atoms with Crippen molar-refractivity contribution >= 4 is 11.7 Å². The highest BCUT2D eigenvalue weighted by atomic mass is 16.3. The van der Waals surface area contributed by atoms with Crippen LogP contribution >= 0.6 is 0 Å². The molecule has 3 aromatic rings. The predicted molar refractivity (Wildman–Crippen MR) is 107 cm³/mol. The minimum absolute atomic E-state index is 0.166. The minimum Gasteiger partial charge on any atom is -0.391 e. The highest BCUT2D eigenvalue weighted by molar-refractivity contribution is 6.00. The lowest BCUT2D eigenvalue weighted by Crippen LogP contribution is -2.39. The number of pyridine rings is 1. The average molecular weight is 377 g/mol. The number of rotatable bonds is 5. The third-order valence-corrected chi connectivity index (χ3v) is 4.93. The van der Waals surface area contributed by atoms with Crippen molar-refractivity contribution in [1.29, 1.82) is 0 Å². The van der Waals surface area contributed by atoms with E-state index in [1.54, 1.807) is 24.7 Å². The molecule has 0 saturated carbocycles. The van der Waals surface area contributed by atoms with Gasteiger partial charge in [0.05, 0.1) is 11.7 Å². The van der Waals surface area contributed by atoms with E-state index in [9.17, 15) is 9.90 Å². The zero-order valence-corrected chi connectivity index (χ0v) is 15.5. The van der Waals surface area contributed by atoms with Crippen LogP contribution in [0.5, 0.6) is 0 Å². The molecule has 1 unspecified atom stereocenters. The first-order valence-corrected chi connectivity index (χ1v) is 9.46. The second-order valence-corrected chi connectivity index (χ2v) is 6.89. The standard InChI is InChI=1S/C21H23N5O2/c27-16-6-4-12-26(14-16)20-15(5-3-9-24-20)13-25-21(28)18-8-2-1-7-17(18)19-22-10-11-23-19/h1-3,5,7-11,16,27H,4,6,12-14H2,(H,22,23)(H,25,28). The Kier molecular flexibility index (Phi) is 5.34. The lowest BCUT2D eigenvalue weighted by atomic mass is 10.1. The van der Waals surface area contributed by atoms with Crippen LogP contribution in [0.1, 0.15) is 28.8 Å². The maximum Gasteiger partial charge on any atom is 0.252 e. The molecule has 28 heavy (non-hydrogen) atoms. The molecule has 1 aliphatic heterocycles. The predicted octanol–water partition coefficient (Wildman–Crippen LogP) is 2.36. The molecule has 7 heteroatoms. The summed E-state index contributed by atoms with van der Waals surface area (Å²) in [6.07, 6.45) is 6.56. The SMILES string of the molecule is O=C(NCc1cccnc1N1CCCC(O)C1)c1ccccc1-c1ncc[nH]1. The molecule has 0 bridgehead atoms. The van der Waals surface area contributed by atoms with Gasteiger partial charge in [-0.3, -0.25) is 4.79 Å².